The van der Waals surface area contributed by atoms with Crippen LogP contribution >= 0.6 is 15.9 Å². The van der Waals surface area contributed by atoms with Gasteiger partial charge >= 0.3 is 0 Å². The van der Waals surface area contributed by atoms with E-state index in [1.54, 1.807) is 0 Å². The molecule has 18 heavy (non-hydrogen) atoms. The molecule has 0 aliphatic heterocycles. The summed E-state index contributed by atoms with van der Waals surface area (Å²) in [5.41, 5.74) is 2.50. The third-order valence-electron chi connectivity index (χ3n) is 3.29. The van der Waals surface area contributed by atoms with Gasteiger partial charge in [-0.05, 0) is 60.6 Å². The molecule has 0 aliphatic rings. The van der Waals surface area contributed by atoms with Crippen LogP contribution in [0.25, 0.3) is 0 Å². The zero-order valence-electron chi connectivity index (χ0n) is 12.1. The average molecular weight is 316 g/mol. The smallest absolute Gasteiger partial charge is 0.0766 e. The lowest BCUT2D eigenvalue weighted by atomic mass is 10.0. The van der Waals surface area contributed by atoms with Crippen molar-refractivity contribution in [3.05, 3.63) is 15.9 Å². The summed E-state index contributed by atoms with van der Waals surface area (Å²) in [6.07, 6.45) is 4.51. The largest absolute Gasteiger partial charge is 0.317 e. The van der Waals surface area contributed by atoms with Crippen LogP contribution in [0.2, 0.25) is 0 Å². The van der Waals surface area contributed by atoms with Gasteiger partial charge < -0.3 is 5.32 Å². The minimum atomic E-state index is 0.686. The number of aromatic nitrogens is 2. The van der Waals surface area contributed by atoms with Gasteiger partial charge in [-0.15, -0.1) is 0 Å². The molecule has 0 amide bonds. The van der Waals surface area contributed by atoms with Gasteiger partial charge in [0.2, 0.25) is 0 Å². The number of nitrogens with zero attached hydrogens (tertiary/aromatic N) is 2. The Bertz CT molecular complexity index is 360. The summed E-state index contributed by atoms with van der Waals surface area (Å²) in [5, 5.41) is 8.01. The molecule has 0 saturated carbocycles. The zero-order chi connectivity index (χ0) is 13.5. The van der Waals surface area contributed by atoms with E-state index in [0.717, 1.165) is 25.9 Å². The molecule has 0 bridgehead atoms. The van der Waals surface area contributed by atoms with Crippen molar-refractivity contribution in [1.29, 1.82) is 0 Å². The fraction of sp³-hybridized carbons (Fsp3) is 0.786. The standard InChI is InChI=1S/C14H26BrN3/c1-5-8-16-9-7-11(3)10-13-14(15)12(6-2)17-18(13)4/h11,16H,5-10H2,1-4H3. The van der Waals surface area contributed by atoms with Gasteiger partial charge in [0.1, 0.15) is 0 Å². The third kappa shape index (κ3) is 4.39. The lowest BCUT2D eigenvalue weighted by Crippen LogP contribution is -2.19. The van der Waals surface area contributed by atoms with E-state index in [1.165, 1.54) is 28.7 Å². The number of nitrogens with one attached hydrogen (secondary N) is 1. The van der Waals surface area contributed by atoms with Gasteiger partial charge in [0.25, 0.3) is 0 Å². The lowest BCUT2D eigenvalue weighted by Gasteiger charge is -2.12. The van der Waals surface area contributed by atoms with Crippen LogP contribution in [0, 0.1) is 5.92 Å². The first-order valence-corrected chi connectivity index (χ1v) is 7.80. The fourth-order valence-electron chi connectivity index (χ4n) is 2.12. The fourth-order valence-corrected chi connectivity index (χ4v) is 2.90. The summed E-state index contributed by atoms with van der Waals surface area (Å²) >= 11 is 3.68. The first-order valence-electron chi connectivity index (χ1n) is 7.01. The van der Waals surface area contributed by atoms with Gasteiger partial charge in [0.15, 0.2) is 0 Å². The van der Waals surface area contributed by atoms with Gasteiger partial charge in [-0.25, -0.2) is 0 Å². The summed E-state index contributed by atoms with van der Waals surface area (Å²) in [5.74, 6) is 0.686. The van der Waals surface area contributed by atoms with E-state index in [2.05, 4.69) is 47.1 Å². The van der Waals surface area contributed by atoms with E-state index in [1.807, 2.05) is 11.7 Å². The van der Waals surface area contributed by atoms with E-state index < -0.39 is 0 Å². The van der Waals surface area contributed by atoms with Crippen molar-refractivity contribution >= 4 is 15.9 Å². The first-order chi connectivity index (χ1) is 8.60. The molecule has 104 valence electrons. The van der Waals surface area contributed by atoms with Crippen molar-refractivity contribution < 1.29 is 0 Å². The second-order valence-corrected chi connectivity index (χ2v) is 5.83. The predicted octanol–water partition coefficient (Wildman–Crippen LogP) is 3.31. The van der Waals surface area contributed by atoms with Crippen LogP contribution in [0.15, 0.2) is 4.47 Å². The predicted molar refractivity (Wildman–Crippen MR) is 80.9 cm³/mol. The van der Waals surface area contributed by atoms with Gasteiger partial charge in [0, 0.05) is 7.05 Å². The Hall–Kier alpha value is -0.350. The van der Waals surface area contributed by atoms with Crippen LogP contribution in [0.1, 0.15) is 45.0 Å². The molecule has 1 unspecified atom stereocenters. The van der Waals surface area contributed by atoms with E-state index >= 15 is 0 Å². The van der Waals surface area contributed by atoms with Crippen LogP contribution in [-0.4, -0.2) is 22.9 Å². The van der Waals surface area contributed by atoms with Gasteiger partial charge in [-0.1, -0.05) is 20.8 Å². The Morgan fingerprint density at radius 3 is 2.61 bits per heavy atom. The van der Waals surface area contributed by atoms with Crippen LogP contribution in [0.3, 0.4) is 0 Å². The summed E-state index contributed by atoms with van der Waals surface area (Å²) in [6, 6.07) is 0. The molecule has 1 heterocycles. The monoisotopic (exact) mass is 315 g/mol. The Morgan fingerprint density at radius 1 is 1.33 bits per heavy atom. The highest BCUT2D eigenvalue weighted by Gasteiger charge is 2.14. The molecule has 0 aliphatic carbocycles. The average Bonchev–Trinajstić information content (AvgIpc) is 2.62. The zero-order valence-corrected chi connectivity index (χ0v) is 13.7. The minimum absolute atomic E-state index is 0.686. The number of hydrogen-bond acceptors (Lipinski definition) is 2. The molecule has 3 nitrogen and oxygen atoms in total. The molecular formula is C14H26BrN3. The molecule has 1 rings (SSSR count). The highest BCUT2D eigenvalue weighted by atomic mass is 79.9. The third-order valence-corrected chi connectivity index (χ3v) is 4.20. The maximum Gasteiger partial charge on any atom is 0.0766 e. The lowest BCUT2D eigenvalue weighted by molar-refractivity contribution is 0.483. The Kier molecular flexibility index (Phi) is 6.94. The Labute approximate surface area is 119 Å². The van der Waals surface area contributed by atoms with Crippen molar-refractivity contribution in [3.63, 3.8) is 0 Å². The quantitative estimate of drug-likeness (QED) is 0.746. The van der Waals surface area contributed by atoms with Crippen molar-refractivity contribution in [2.75, 3.05) is 13.1 Å². The molecule has 0 saturated heterocycles. The molecule has 1 atom stereocenters. The van der Waals surface area contributed by atoms with Crippen molar-refractivity contribution in [2.45, 2.75) is 46.5 Å². The number of rotatable bonds is 8. The molecule has 1 N–H and O–H groups in total. The van der Waals surface area contributed by atoms with Crippen molar-refractivity contribution in [1.82, 2.24) is 15.1 Å². The van der Waals surface area contributed by atoms with Gasteiger partial charge in [-0.3, -0.25) is 4.68 Å². The van der Waals surface area contributed by atoms with Crippen LogP contribution in [-0.2, 0) is 19.9 Å². The SMILES string of the molecule is CCCNCCC(C)Cc1c(Br)c(CC)nn1C. The molecule has 0 spiro atoms. The van der Waals surface area contributed by atoms with Crippen molar-refractivity contribution in [2.24, 2.45) is 13.0 Å². The molecule has 0 aromatic carbocycles. The highest BCUT2D eigenvalue weighted by molar-refractivity contribution is 9.10. The molecule has 0 fully saturated rings. The molecular weight excluding hydrogens is 290 g/mol. The van der Waals surface area contributed by atoms with E-state index in [-0.39, 0.29) is 0 Å². The molecule has 1 aromatic heterocycles. The summed E-state index contributed by atoms with van der Waals surface area (Å²) in [6.45, 7) is 8.91. The molecule has 0 radical (unpaired) electrons. The summed E-state index contributed by atoms with van der Waals surface area (Å²) < 4.78 is 3.24. The number of halogens is 1. The van der Waals surface area contributed by atoms with Crippen LogP contribution in [0.4, 0.5) is 0 Å². The number of hydrogen-bond donors (Lipinski definition) is 1. The summed E-state index contributed by atoms with van der Waals surface area (Å²) in [7, 11) is 2.04. The Morgan fingerprint density at radius 2 is 2.06 bits per heavy atom. The maximum absolute atomic E-state index is 4.55. The summed E-state index contributed by atoms with van der Waals surface area (Å²) in [4.78, 5) is 0. The van der Waals surface area contributed by atoms with Crippen LogP contribution < -0.4 is 5.32 Å². The maximum atomic E-state index is 4.55. The molecule has 4 heteroatoms. The first kappa shape index (κ1) is 15.7. The molecule has 1 aromatic rings. The van der Waals surface area contributed by atoms with E-state index in [4.69, 9.17) is 0 Å². The number of aryl methyl sites for hydroxylation is 2. The topological polar surface area (TPSA) is 29.9 Å². The minimum Gasteiger partial charge on any atom is -0.317 e. The second kappa shape index (κ2) is 7.95. The van der Waals surface area contributed by atoms with Crippen molar-refractivity contribution in [3.8, 4) is 0 Å². The second-order valence-electron chi connectivity index (χ2n) is 5.03. The highest BCUT2D eigenvalue weighted by Crippen LogP contribution is 2.24. The van der Waals surface area contributed by atoms with E-state index in [0.29, 0.717) is 5.92 Å². The van der Waals surface area contributed by atoms with Gasteiger partial charge in [-0.2, -0.15) is 5.10 Å². The normalized spacial score (nSPS) is 12.9. The van der Waals surface area contributed by atoms with Crippen LogP contribution in [0.5, 0.6) is 0 Å². The Balaban J connectivity index is 2.48. The van der Waals surface area contributed by atoms with Gasteiger partial charge in [0.05, 0.1) is 15.9 Å². The van der Waals surface area contributed by atoms with E-state index in [9.17, 15) is 0 Å².